The highest BCUT2D eigenvalue weighted by Crippen LogP contribution is 2.23. The van der Waals surface area contributed by atoms with Gasteiger partial charge in [0.15, 0.2) is 4.80 Å². The number of carbonyl (C=O) groups is 1. The van der Waals surface area contributed by atoms with Gasteiger partial charge in [0.25, 0.3) is 5.91 Å². The quantitative estimate of drug-likeness (QED) is 0.621. The Morgan fingerprint density at radius 1 is 1.31 bits per heavy atom. The van der Waals surface area contributed by atoms with Gasteiger partial charge in [-0.25, -0.2) is 0 Å². The van der Waals surface area contributed by atoms with Crippen LogP contribution in [0.2, 0.25) is 0 Å². The van der Waals surface area contributed by atoms with E-state index in [9.17, 15) is 4.79 Å². The van der Waals surface area contributed by atoms with Crippen LogP contribution in [0.1, 0.15) is 55.7 Å². The van der Waals surface area contributed by atoms with Crippen molar-refractivity contribution in [3.63, 3.8) is 0 Å². The van der Waals surface area contributed by atoms with Crippen LogP contribution >= 0.6 is 11.3 Å². The number of hydrogen-bond donors (Lipinski definition) is 0. The van der Waals surface area contributed by atoms with E-state index in [1.54, 1.807) is 16.9 Å². The molecule has 1 aromatic carbocycles. The zero-order chi connectivity index (χ0) is 18.8. The van der Waals surface area contributed by atoms with Gasteiger partial charge in [-0.2, -0.15) is 10.1 Å². The van der Waals surface area contributed by atoms with Crippen LogP contribution in [0.3, 0.4) is 0 Å². The van der Waals surface area contributed by atoms with Gasteiger partial charge in [-0.15, -0.1) is 6.58 Å². The SMILES string of the molecule is C=CCn1c(=NC(=O)c2ccnn2C(C)C)sc2cc(C(C)C)ccc21. The lowest BCUT2D eigenvalue weighted by Crippen LogP contribution is -2.18. The van der Waals surface area contributed by atoms with E-state index < -0.39 is 0 Å². The molecule has 0 aliphatic heterocycles. The van der Waals surface area contributed by atoms with Crippen LogP contribution in [0, 0.1) is 0 Å². The molecule has 26 heavy (non-hydrogen) atoms. The summed E-state index contributed by atoms with van der Waals surface area (Å²) in [4.78, 5) is 17.8. The molecule has 1 amide bonds. The highest BCUT2D eigenvalue weighted by Gasteiger charge is 2.15. The Balaban J connectivity index is 2.14. The van der Waals surface area contributed by atoms with E-state index in [1.165, 1.54) is 16.9 Å². The second-order valence-electron chi connectivity index (χ2n) is 6.84. The molecule has 0 bridgehead atoms. The lowest BCUT2D eigenvalue weighted by molar-refractivity contribution is 0.0986. The van der Waals surface area contributed by atoms with E-state index in [-0.39, 0.29) is 11.9 Å². The molecule has 6 heteroatoms. The number of fused-ring (bicyclic) bond motifs is 1. The van der Waals surface area contributed by atoms with Crippen LogP contribution in [0.15, 0.2) is 48.1 Å². The van der Waals surface area contributed by atoms with Crippen molar-refractivity contribution in [3.8, 4) is 0 Å². The second-order valence-corrected chi connectivity index (χ2v) is 7.85. The van der Waals surface area contributed by atoms with Gasteiger partial charge in [0.1, 0.15) is 5.69 Å². The topological polar surface area (TPSA) is 52.2 Å². The average molecular weight is 369 g/mol. The van der Waals surface area contributed by atoms with Crippen LogP contribution in [0.4, 0.5) is 0 Å². The summed E-state index contributed by atoms with van der Waals surface area (Å²) in [6.45, 7) is 12.8. The first-order valence-electron chi connectivity index (χ1n) is 8.79. The summed E-state index contributed by atoms with van der Waals surface area (Å²) in [7, 11) is 0. The van der Waals surface area contributed by atoms with Crippen molar-refractivity contribution in [2.75, 3.05) is 0 Å². The molecule has 3 rings (SSSR count). The highest BCUT2D eigenvalue weighted by molar-refractivity contribution is 7.16. The highest BCUT2D eigenvalue weighted by atomic mass is 32.1. The van der Waals surface area contributed by atoms with E-state index in [2.05, 4.69) is 48.7 Å². The van der Waals surface area contributed by atoms with Gasteiger partial charge in [0, 0.05) is 18.8 Å². The molecule has 0 saturated carbocycles. The summed E-state index contributed by atoms with van der Waals surface area (Å²) in [5.41, 5.74) is 2.86. The Morgan fingerprint density at radius 2 is 2.08 bits per heavy atom. The third-order valence-electron chi connectivity index (χ3n) is 4.26. The van der Waals surface area contributed by atoms with Crippen molar-refractivity contribution in [3.05, 3.63) is 59.2 Å². The predicted octanol–water partition coefficient (Wildman–Crippen LogP) is 4.53. The average Bonchev–Trinajstić information content (AvgIpc) is 3.20. The molecule has 2 aromatic heterocycles. The molecule has 0 unspecified atom stereocenters. The summed E-state index contributed by atoms with van der Waals surface area (Å²) in [6.07, 6.45) is 3.46. The minimum Gasteiger partial charge on any atom is -0.312 e. The maximum atomic E-state index is 12.7. The normalized spacial score (nSPS) is 12.5. The first-order valence-corrected chi connectivity index (χ1v) is 9.60. The predicted molar refractivity (Wildman–Crippen MR) is 107 cm³/mol. The molecular formula is C20H24N4OS. The molecule has 5 nitrogen and oxygen atoms in total. The Morgan fingerprint density at radius 3 is 2.73 bits per heavy atom. The van der Waals surface area contributed by atoms with Crippen molar-refractivity contribution in [1.29, 1.82) is 0 Å². The molecule has 0 aliphatic carbocycles. The number of amides is 1. The lowest BCUT2D eigenvalue weighted by Gasteiger charge is -2.08. The maximum absolute atomic E-state index is 12.7. The molecule has 0 spiro atoms. The summed E-state index contributed by atoms with van der Waals surface area (Å²) < 4.78 is 4.86. The Bertz CT molecular complexity index is 1020. The van der Waals surface area contributed by atoms with E-state index in [1.807, 2.05) is 24.5 Å². The summed E-state index contributed by atoms with van der Waals surface area (Å²) in [5, 5.41) is 4.23. The fourth-order valence-electron chi connectivity index (χ4n) is 2.88. The fourth-order valence-corrected chi connectivity index (χ4v) is 3.97. The monoisotopic (exact) mass is 368 g/mol. The Labute approximate surface area is 157 Å². The van der Waals surface area contributed by atoms with Crippen molar-refractivity contribution in [1.82, 2.24) is 14.3 Å². The number of aromatic nitrogens is 3. The molecule has 0 saturated heterocycles. The van der Waals surface area contributed by atoms with Crippen LogP contribution in [0.5, 0.6) is 0 Å². The van der Waals surface area contributed by atoms with Crippen molar-refractivity contribution in [2.45, 2.75) is 46.2 Å². The van der Waals surface area contributed by atoms with E-state index >= 15 is 0 Å². The molecule has 2 heterocycles. The number of hydrogen-bond acceptors (Lipinski definition) is 3. The summed E-state index contributed by atoms with van der Waals surface area (Å²) >= 11 is 1.53. The number of nitrogens with zero attached hydrogens (tertiary/aromatic N) is 4. The zero-order valence-corrected chi connectivity index (χ0v) is 16.5. The third-order valence-corrected chi connectivity index (χ3v) is 5.30. The van der Waals surface area contributed by atoms with Gasteiger partial charge in [-0.05, 0) is 43.5 Å². The number of thiazole rings is 1. The van der Waals surface area contributed by atoms with Gasteiger partial charge < -0.3 is 4.57 Å². The molecule has 0 atom stereocenters. The zero-order valence-electron chi connectivity index (χ0n) is 15.6. The summed E-state index contributed by atoms with van der Waals surface area (Å²) in [5.74, 6) is 0.182. The summed E-state index contributed by atoms with van der Waals surface area (Å²) in [6, 6.07) is 8.25. The minimum atomic E-state index is -0.273. The molecular weight excluding hydrogens is 344 g/mol. The van der Waals surface area contributed by atoms with Gasteiger partial charge >= 0.3 is 0 Å². The second kappa shape index (κ2) is 7.41. The molecule has 136 valence electrons. The van der Waals surface area contributed by atoms with E-state index in [0.29, 0.717) is 23.0 Å². The number of rotatable bonds is 5. The molecule has 3 aromatic rings. The minimum absolute atomic E-state index is 0.107. The number of carbonyl (C=O) groups excluding carboxylic acids is 1. The standard InChI is InChI=1S/C20H24N4OS/c1-6-11-23-16-8-7-15(13(2)3)12-18(16)26-20(23)22-19(25)17-9-10-21-24(17)14(4)5/h6-10,12-14H,1,11H2,2-5H3. The van der Waals surface area contributed by atoms with E-state index in [4.69, 9.17) is 0 Å². The number of allylic oxidation sites excluding steroid dienone is 1. The van der Waals surface area contributed by atoms with Crippen molar-refractivity contribution < 1.29 is 4.79 Å². The van der Waals surface area contributed by atoms with Gasteiger partial charge in [-0.3, -0.25) is 9.48 Å². The van der Waals surface area contributed by atoms with Gasteiger partial charge in [0.05, 0.1) is 10.2 Å². The van der Waals surface area contributed by atoms with Crippen molar-refractivity contribution in [2.24, 2.45) is 4.99 Å². The number of benzene rings is 1. The van der Waals surface area contributed by atoms with Crippen LogP contribution < -0.4 is 4.80 Å². The molecule has 0 radical (unpaired) electrons. The van der Waals surface area contributed by atoms with Crippen LogP contribution in [-0.4, -0.2) is 20.3 Å². The first kappa shape index (κ1) is 18.3. The van der Waals surface area contributed by atoms with Crippen LogP contribution in [-0.2, 0) is 6.54 Å². The Kier molecular flexibility index (Phi) is 5.23. The van der Waals surface area contributed by atoms with Crippen LogP contribution in [0.25, 0.3) is 10.2 Å². The lowest BCUT2D eigenvalue weighted by atomic mass is 10.0. The van der Waals surface area contributed by atoms with Crippen molar-refractivity contribution >= 4 is 27.5 Å². The maximum Gasteiger partial charge on any atom is 0.297 e. The smallest absolute Gasteiger partial charge is 0.297 e. The third kappa shape index (κ3) is 3.42. The fraction of sp³-hybridized carbons (Fsp3) is 0.350. The molecule has 0 aliphatic rings. The molecule has 0 fully saturated rings. The van der Waals surface area contributed by atoms with Gasteiger partial charge in [0.2, 0.25) is 0 Å². The largest absolute Gasteiger partial charge is 0.312 e. The molecule has 0 N–H and O–H groups in total. The van der Waals surface area contributed by atoms with E-state index in [0.717, 1.165) is 10.2 Å². The Hall–Kier alpha value is -2.47. The first-order chi connectivity index (χ1) is 12.4. The van der Waals surface area contributed by atoms with Gasteiger partial charge in [-0.1, -0.05) is 37.3 Å².